The Morgan fingerprint density at radius 1 is 1.33 bits per heavy atom. The van der Waals surface area contributed by atoms with Crippen LogP contribution in [-0.2, 0) is 11.8 Å². The van der Waals surface area contributed by atoms with Crippen molar-refractivity contribution in [3.8, 4) is 0 Å². The van der Waals surface area contributed by atoms with E-state index in [1.807, 2.05) is 6.92 Å². The maximum atomic E-state index is 12.1. The van der Waals surface area contributed by atoms with E-state index >= 15 is 0 Å². The molecular weight excluding hydrogens is 270 g/mol. The van der Waals surface area contributed by atoms with Crippen LogP contribution in [0, 0.1) is 6.92 Å². The number of carbonyl (C=O) groups excluding carboxylic acids is 1. The van der Waals surface area contributed by atoms with Gasteiger partial charge >= 0.3 is 5.97 Å². The molecule has 0 aliphatic rings. The zero-order valence-corrected chi connectivity index (χ0v) is 11.7. The molecule has 108 valence electrons. The Labute approximate surface area is 121 Å². The van der Waals surface area contributed by atoms with Crippen LogP contribution in [0.15, 0.2) is 36.5 Å². The normalized spacial score (nSPS) is 10.8. The Bertz CT molecular complexity index is 717. The summed E-state index contributed by atoms with van der Waals surface area (Å²) in [4.78, 5) is 22.7. The smallest absolute Gasteiger partial charge is 0.328 e. The molecule has 0 saturated carbocycles. The van der Waals surface area contributed by atoms with Gasteiger partial charge in [0.25, 0.3) is 5.91 Å². The Balaban J connectivity index is 2.21. The first-order valence-corrected chi connectivity index (χ1v) is 6.28. The second-order valence-corrected chi connectivity index (χ2v) is 4.57. The summed E-state index contributed by atoms with van der Waals surface area (Å²) >= 11 is 0. The SMILES string of the molecule is Cc1ccc(C(=O)Nc2ccn(C)n2)cc1/C=C/C(=O)O. The van der Waals surface area contributed by atoms with Crippen LogP contribution in [0.5, 0.6) is 0 Å². The quantitative estimate of drug-likeness (QED) is 0.842. The molecule has 0 fully saturated rings. The summed E-state index contributed by atoms with van der Waals surface area (Å²) in [5.41, 5.74) is 2.02. The van der Waals surface area contributed by atoms with Crippen molar-refractivity contribution in [1.82, 2.24) is 9.78 Å². The molecule has 2 N–H and O–H groups in total. The topological polar surface area (TPSA) is 84.2 Å². The number of aromatic nitrogens is 2. The molecule has 0 unspecified atom stereocenters. The van der Waals surface area contributed by atoms with Gasteiger partial charge in [0.1, 0.15) is 0 Å². The monoisotopic (exact) mass is 285 g/mol. The number of carboxylic acid groups (broad SMARTS) is 1. The average molecular weight is 285 g/mol. The third-order valence-electron chi connectivity index (χ3n) is 2.90. The van der Waals surface area contributed by atoms with E-state index in [4.69, 9.17) is 5.11 Å². The van der Waals surface area contributed by atoms with Gasteiger partial charge in [0.15, 0.2) is 5.82 Å². The van der Waals surface area contributed by atoms with Gasteiger partial charge in [-0.25, -0.2) is 4.79 Å². The number of aryl methyl sites for hydroxylation is 2. The molecule has 2 rings (SSSR count). The third kappa shape index (κ3) is 3.79. The van der Waals surface area contributed by atoms with Crippen LogP contribution >= 0.6 is 0 Å². The minimum atomic E-state index is -1.03. The van der Waals surface area contributed by atoms with Crippen LogP contribution in [0.25, 0.3) is 6.08 Å². The van der Waals surface area contributed by atoms with Crippen LogP contribution in [0.2, 0.25) is 0 Å². The molecule has 1 heterocycles. The fourth-order valence-electron chi connectivity index (χ4n) is 1.79. The predicted molar refractivity (Wildman–Crippen MR) is 79.0 cm³/mol. The summed E-state index contributed by atoms with van der Waals surface area (Å²) in [6.07, 6.45) is 4.24. The summed E-state index contributed by atoms with van der Waals surface area (Å²) in [6, 6.07) is 6.80. The molecule has 6 heteroatoms. The summed E-state index contributed by atoms with van der Waals surface area (Å²) in [7, 11) is 1.76. The van der Waals surface area contributed by atoms with Crippen molar-refractivity contribution in [1.29, 1.82) is 0 Å². The van der Waals surface area contributed by atoms with Gasteiger partial charge in [0, 0.05) is 31.0 Å². The van der Waals surface area contributed by atoms with E-state index in [0.717, 1.165) is 11.6 Å². The third-order valence-corrected chi connectivity index (χ3v) is 2.90. The Hall–Kier alpha value is -2.89. The van der Waals surface area contributed by atoms with Crippen molar-refractivity contribution in [3.63, 3.8) is 0 Å². The number of nitrogens with zero attached hydrogens (tertiary/aromatic N) is 2. The molecule has 0 aliphatic heterocycles. The number of anilines is 1. The lowest BCUT2D eigenvalue weighted by Gasteiger charge is -2.05. The number of carbonyl (C=O) groups is 2. The highest BCUT2D eigenvalue weighted by Crippen LogP contribution is 2.14. The highest BCUT2D eigenvalue weighted by molar-refractivity contribution is 6.04. The van der Waals surface area contributed by atoms with Crippen molar-refractivity contribution < 1.29 is 14.7 Å². The Morgan fingerprint density at radius 3 is 2.71 bits per heavy atom. The zero-order chi connectivity index (χ0) is 15.4. The maximum absolute atomic E-state index is 12.1. The van der Waals surface area contributed by atoms with Gasteiger partial charge < -0.3 is 10.4 Å². The van der Waals surface area contributed by atoms with Crippen LogP contribution in [0.1, 0.15) is 21.5 Å². The number of rotatable bonds is 4. The number of carboxylic acids is 1. The van der Waals surface area contributed by atoms with Crippen molar-refractivity contribution >= 4 is 23.8 Å². The largest absolute Gasteiger partial charge is 0.478 e. The van der Waals surface area contributed by atoms with Crippen LogP contribution in [-0.4, -0.2) is 26.8 Å². The summed E-state index contributed by atoms with van der Waals surface area (Å²) in [5, 5.41) is 15.4. The first kappa shape index (κ1) is 14.5. The van der Waals surface area contributed by atoms with Gasteiger partial charge in [-0.3, -0.25) is 9.48 Å². The first-order chi connectivity index (χ1) is 9.95. The van der Waals surface area contributed by atoms with E-state index in [1.165, 1.54) is 6.08 Å². The van der Waals surface area contributed by atoms with E-state index in [0.29, 0.717) is 16.9 Å². The van der Waals surface area contributed by atoms with Gasteiger partial charge in [-0.05, 0) is 36.3 Å². The van der Waals surface area contributed by atoms with E-state index in [-0.39, 0.29) is 5.91 Å². The van der Waals surface area contributed by atoms with Gasteiger partial charge in [0.05, 0.1) is 0 Å². The standard InChI is InChI=1S/C15H15N3O3/c1-10-3-4-12(9-11(10)5-6-14(19)20)15(21)16-13-7-8-18(2)17-13/h3-9H,1-2H3,(H,19,20)(H,16,17,21)/b6-5+. The molecule has 0 saturated heterocycles. The van der Waals surface area contributed by atoms with Gasteiger partial charge in [-0.15, -0.1) is 0 Å². The second-order valence-electron chi connectivity index (χ2n) is 4.57. The molecule has 2 aromatic rings. The average Bonchev–Trinajstić information content (AvgIpc) is 2.83. The number of hydrogen-bond donors (Lipinski definition) is 2. The van der Waals surface area contributed by atoms with Crippen molar-refractivity contribution in [3.05, 3.63) is 53.2 Å². The summed E-state index contributed by atoms with van der Waals surface area (Å²) in [6.45, 7) is 1.85. The highest BCUT2D eigenvalue weighted by Gasteiger charge is 2.09. The molecule has 0 bridgehead atoms. The lowest BCUT2D eigenvalue weighted by Crippen LogP contribution is -2.12. The summed E-state index contributed by atoms with van der Waals surface area (Å²) < 4.78 is 1.59. The number of nitrogens with one attached hydrogen (secondary N) is 1. The van der Waals surface area contributed by atoms with E-state index in [2.05, 4.69) is 10.4 Å². The first-order valence-electron chi connectivity index (χ1n) is 6.28. The lowest BCUT2D eigenvalue weighted by atomic mass is 10.0. The van der Waals surface area contributed by atoms with E-state index in [9.17, 15) is 9.59 Å². The number of aliphatic carboxylic acids is 1. The Kier molecular flexibility index (Phi) is 4.18. The number of benzene rings is 1. The molecule has 1 aromatic heterocycles. The van der Waals surface area contributed by atoms with Gasteiger partial charge in [-0.1, -0.05) is 6.07 Å². The molecule has 0 spiro atoms. The minimum absolute atomic E-state index is 0.293. The fourth-order valence-corrected chi connectivity index (χ4v) is 1.79. The molecule has 0 atom stereocenters. The molecule has 21 heavy (non-hydrogen) atoms. The van der Waals surface area contributed by atoms with Crippen molar-refractivity contribution in [2.24, 2.45) is 7.05 Å². The van der Waals surface area contributed by atoms with Crippen LogP contribution < -0.4 is 5.32 Å². The van der Waals surface area contributed by atoms with Gasteiger partial charge in [0.2, 0.25) is 0 Å². The molecule has 0 aliphatic carbocycles. The molecule has 0 radical (unpaired) electrons. The fraction of sp³-hybridized carbons (Fsp3) is 0.133. The van der Waals surface area contributed by atoms with Crippen LogP contribution in [0.3, 0.4) is 0 Å². The highest BCUT2D eigenvalue weighted by atomic mass is 16.4. The van der Waals surface area contributed by atoms with Crippen molar-refractivity contribution in [2.45, 2.75) is 6.92 Å². The summed E-state index contributed by atoms with van der Waals surface area (Å²) in [5.74, 6) is -0.859. The molecule has 1 amide bonds. The van der Waals surface area contributed by atoms with Crippen molar-refractivity contribution in [2.75, 3.05) is 5.32 Å². The number of hydrogen-bond acceptors (Lipinski definition) is 3. The Morgan fingerprint density at radius 2 is 2.10 bits per heavy atom. The molecular formula is C15H15N3O3. The maximum Gasteiger partial charge on any atom is 0.328 e. The number of amides is 1. The molecule has 1 aromatic carbocycles. The lowest BCUT2D eigenvalue weighted by molar-refractivity contribution is -0.131. The van der Waals surface area contributed by atoms with E-state index in [1.54, 1.807) is 42.2 Å². The van der Waals surface area contributed by atoms with Crippen LogP contribution in [0.4, 0.5) is 5.82 Å². The predicted octanol–water partition coefficient (Wildman–Crippen LogP) is 2.08. The molecule has 6 nitrogen and oxygen atoms in total. The van der Waals surface area contributed by atoms with E-state index < -0.39 is 5.97 Å². The van der Waals surface area contributed by atoms with Gasteiger partial charge in [-0.2, -0.15) is 5.10 Å². The second kappa shape index (κ2) is 6.04. The zero-order valence-electron chi connectivity index (χ0n) is 11.7. The minimum Gasteiger partial charge on any atom is -0.478 e.